The Hall–Kier alpha value is -4.46. The van der Waals surface area contributed by atoms with Crippen LogP contribution in [0.2, 0.25) is 0 Å². The molecular formula is C32H29F2N3O5. The van der Waals surface area contributed by atoms with Gasteiger partial charge in [-0.1, -0.05) is 42.5 Å². The molecule has 1 atom stereocenters. The fourth-order valence-corrected chi connectivity index (χ4v) is 5.35. The van der Waals surface area contributed by atoms with Crippen molar-refractivity contribution in [3.8, 4) is 23.1 Å². The summed E-state index contributed by atoms with van der Waals surface area (Å²) in [6.07, 6.45) is -2.86. The minimum absolute atomic E-state index is 0.208. The van der Waals surface area contributed by atoms with Gasteiger partial charge in [0.05, 0.1) is 30.0 Å². The zero-order valence-electron chi connectivity index (χ0n) is 22.7. The largest absolute Gasteiger partial charge is 0.488 e. The second kappa shape index (κ2) is 12.2. The zero-order valence-corrected chi connectivity index (χ0v) is 22.7. The topological polar surface area (TPSA) is 94.7 Å². The second-order valence-electron chi connectivity index (χ2n) is 10.2. The van der Waals surface area contributed by atoms with Crippen LogP contribution in [0, 0.1) is 11.3 Å². The molecule has 0 unspecified atom stereocenters. The number of carbonyl (C=O) groups excluding carboxylic acids is 1. The summed E-state index contributed by atoms with van der Waals surface area (Å²) in [5, 5.41) is 13.6. The van der Waals surface area contributed by atoms with Crippen LogP contribution in [0.1, 0.15) is 42.5 Å². The molecule has 2 aliphatic rings. The standard InChI is InChI=1S/C32H29F2N3O5/c33-31(34)30(21-5-2-1-3-6-21)42-32(38)36-22-11-9-20(10-12-22)29-26(18-35)25-14-13-24(41-19-28-39-15-16-40-28)17-27(25)37(29)23-7-4-8-23/h1-3,5-6,9-14,17,23,28,30-31H,4,7-8,15-16,19H2,(H,36,38)/t30-/m0/s1. The predicted octanol–water partition coefficient (Wildman–Crippen LogP) is 7.21. The predicted molar refractivity (Wildman–Crippen MR) is 151 cm³/mol. The first-order chi connectivity index (χ1) is 20.5. The lowest BCUT2D eigenvalue weighted by Gasteiger charge is -2.30. The first-order valence-electron chi connectivity index (χ1n) is 13.9. The highest BCUT2D eigenvalue weighted by Gasteiger charge is 2.29. The zero-order chi connectivity index (χ0) is 29.1. The van der Waals surface area contributed by atoms with E-state index in [0.717, 1.165) is 41.4 Å². The monoisotopic (exact) mass is 573 g/mol. The third-order valence-corrected chi connectivity index (χ3v) is 7.60. The van der Waals surface area contributed by atoms with Crippen molar-refractivity contribution in [2.75, 3.05) is 25.1 Å². The van der Waals surface area contributed by atoms with Crippen LogP contribution in [0.15, 0.2) is 72.8 Å². The molecule has 1 aromatic heterocycles. The Bertz CT molecular complexity index is 1590. The van der Waals surface area contributed by atoms with Crippen LogP contribution >= 0.6 is 0 Å². The van der Waals surface area contributed by atoms with E-state index in [1.54, 1.807) is 42.5 Å². The van der Waals surface area contributed by atoms with Gasteiger partial charge in [0.1, 0.15) is 18.4 Å². The first kappa shape index (κ1) is 27.7. The molecule has 2 heterocycles. The number of aromatic nitrogens is 1. The molecule has 1 saturated heterocycles. The third kappa shape index (κ3) is 5.66. The van der Waals surface area contributed by atoms with Gasteiger partial charge in [-0.3, -0.25) is 5.32 Å². The molecule has 0 radical (unpaired) electrons. The Morgan fingerprint density at radius 1 is 1.05 bits per heavy atom. The third-order valence-electron chi connectivity index (χ3n) is 7.60. The number of fused-ring (bicyclic) bond motifs is 1. The minimum atomic E-state index is -2.88. The molecule has 1 saturated carbocycles. The Morgan fingerprint density at radius 3 is 2.43 bits per heavy atom. The maximum Gasteiger partial charge on any atom is 0.412 e. The van der Waals surface area contributed by atoms with Gasteiger partial charge >= 0.3 is 6.09 Å². The van der Waals surface area contributed by atoms with Crippen LogP contribution in [0.5, 0.6) is 5.75 Å². The Kier molecular flexibility index (Phi) is 8.04. The maximum atomic E-state index is 13.6. The molecule has 4 aromatic rings. The molecule has 2 fully saturated rings. The summed E-state index contributed by atoms with van der Waals surface area (Å²) in [6.45, 7) is 1.37. The van der Waals surface area contributed by atoms with Gasteiger partial charge in [-0.25, -0.2) is 13.6 Å². The molecule has 6 rings (SSSR count). The average molecular weight is 574 g/mol. The molecule has 216 valence electrons. The number of anilines is 1. The summed E-state index contributed by atoms with van der Waals surface area (Å²) in [4.78, 5) is 12.5. The molecule has 42 heavy (non-hydrogen) atoms. The number of benzene rings is 3. The van der Waals surface area contributed by atoms with Crippen molar-refractivity contribution in [2.45, 2.75) is 44.1 Å². The number of nitrogens with one attached hydrogen (secondary N) is 1. The van der Waals surface area contributed by atoms with Gasteiger partial charge in [0.2, 0.25) is 0 Å². The first-order valence-corrected chi connectivity index (χ1v) is 13.9. The normalized spacial score (nSPS) is 16.2. The number of amides is 1. The van der Waals surface area contributed by atoms with Gasteiger partial charge in [0.25, 0.3) is 6.43 Å². The van der Waals surface area contributed by atoms with Crippen molar-refractivity contribution in [3.63, 3.8) is 0 Å². The Labute approximate surface area is 241 Å². The molecule has 0 spiro atoms. The molecule has 1 aliphatic carbocycles. The number of halogens is 2. The van der Waals surface area contributed by atoms with Crippen LogP contribution in [-0.2, 0) is 14.2 Å². The SMILES string of the molecule is N#Cc1c(-c2ccc(NC(=O)O[C@@H](c3ccccc3)C(F)F)cc2)n(C2CCC2)c2cc(OCC3OCCO3)ccc12. The quantitative estimate of drug-likeness (QED) is 0.227. The lowest BCUT2D eigenvalue weighted by molar-refractivity contribution is -0.0683. The molecule has 8 nitrogen and oxygen atoms in total. The van der Waals surface area contributed by atoms with Gasteiger partial charge in [0, 0.05) is 23.2 Å². The van der Waals surface area contributed by atoms with Crippen LogP contribution in [0.3, 0.4) is 0 Å². The Balaban J connectivity index is 1.25. The number of alkyl halides is 2. The highest BCUT2D eigenvalue weighted by molar-refractivity contribution is 5.96. The van der Waals surface area contributed by atoms with E-state index in [1.165, 1.54) is 12.1 Å². The highest BCUT2D eigenvalue weighted by atomic mass is 19.3. The summed E-state index contributed by atoms with van der Waals surface area (Å²) in [5.41, 5.74) is 3.61. The molecule has 3 aromatic carbocycles. The summed E-state index contributed by atoms with van der Waals surface area (Å²) in [5.74, 6) is 0.659. The van der Waals surface area contributed by atoms with E-state index in [2.05, 4.69) is 16.0 Å². The van der Waals surface area contributed by atoms with E-state index >= 15 is 0 Å². The molecule has 1 N–H and O–H groups in total. The van der Waals surface area contributed by atoms with Gasteiger partial charge in [-0.2, -0.15) is 5.26 Å². The van der Waals surface area contributed by atoms with Gasteiger partial charge in [0.15, 0.2) is 12.4 Å². The van der Waals surface area contributed by atoms with Crippen molar-refractivity contribution in [1.29, 1.82) is 5.26 Å². The maximum absolute atomic E-state index is 13.6. The summed E-state index contributed by atoms with van der Waals surface area (Å²) < 4.78 is 51.4. The summed E-state index contributed by atoms with van der Waals surface area (Å²) in [6, 6.07) is 23.1. The van der Waals surface area contributed by atoms with Crippen LogP contribution in [0.4, 0.5) is 19.3 Å². The molecule has 1 amide bonds. The minimum Gasteiger partial charge on any atom is -0.488 e. The molecule has 10 heteroatoms. The van der Waals surface area contributed by atoms with Crippen molar-refractivity contribution in [3.05, 3.63) is 83.9 Å². The van der Waals surface area contributed by atoms with Gasteiger partial charge in [-0.15, -0.1) is 0 Å². The van der Waals surface area contributed by atoms with E-state index in [0.29, 0.717) is 30.2 Å². The summed E-state index contributed by atoms with van der Waals surface area (Å²) >= 11 is 0. The summed E-state index contributed by atoms with van der Waals surface area (Å²) in [7, 11) is 0. The van der Waals surface area contributed by atoms with Crippen molar-refractivity contribution >= 4 is 22.7 Å². The van der Waals surface area contributed by atoms with Crippen molar-refractivity contribution < 1.29 is 32.5 Å². The fourth-order valence-electron chi connectivity index (χ4n) is 5.35. The van der Waals surface area contributed by atoms with Crippen molar-refractivity contribution in [2.24, 2.45) is 0 Å². The number of nitriles is 1. The number of hydrogen-bond donors (Lipinski definition) is 1. The number of hydrogen-bond acceptors (Lipinski definition) is 6. The lowest BCUT2D eigenvalue weighted by atomic mass is 9.92. The second-order valence-corrected chi connectivity index (χ2v) is 10.2. The van der Waals surface area contributed by atoms with Crippen LogP contribution in [-0.4, -0.2) is 43.2 Å². The fraction of sp³-hybridized carbons (Fsp3) is 0.312. The van der Waals surface area contributed by atoms with E-state index < -0.39 is 24.9 Å². The van der Waals surface area contributed by atoms with E-state index in [-0.39, 0.29) is 18.2 Å². The average Bonchev–Trinajstić information content (AvgIpc) is 3.61. The molecule has 0 bridgehead atoms. The highest BCUT2D eigenvalue weighted by Crippen LogP contribution is 2.43. The van der Waals surface area contributed by atoms with E-state index in [1.807, 2.05) is 18.2 Å². The van der Waals surface area contributed by atoms with Crippen LogP contribution in [0.25, 0.3) is 22.2 Å². The number of rotatable bonds is 9. The van der Waals surface area contributed by atoms with Crippen LogP contribution < -0.4 is 10.1 Å². The number of nitrogens with zero attached hydrogens (tertiary/aromatic N) is 2. The molecular weight excluding hydrogens is 544 g/mol. The van der Waals surface area contributed by atoms with Crippen molar-refractivity contribution in [1.82, 2.24) is 4.57 Å². The van der Waals surface area contributed by atoms with E-state index in [9.17, 15) is 18.8 Å². The Morgan fingerprint density at radius 2 is 1.79 bits per heavy atom. The smallest absolute Gasteiger partial charge is 0.412 e. The van der Waals surface area contributed by atoms with Gasteiger partial charge in [-0.05, 0) is 54.7 Å². The lowest BCUT2D eigenvalue weighted by Crippen LogP contribution is -2.22. The van der Waals surface area contributed by atoms with Gasteiger partial charge < -0.3 is 23.5 Å². The molecule has 1 aliphatic heterocycles. The number of ether oxygens (including phenoxy) is 4. The number of carbonyl (C=O) groups is 1. The van der Waals surface area contributed by atoms with E-state index in [4.69, 9.17) is 18.9 Å².